The van der Waals surface area contributed by atoms with Crippen molar-refractivity contribution in [2.24, 2.45) is 0 Å². The minimum absolute atomic E-state index is 0. The van der Waals surface area contributed by atoms with Gasteiger partial charge in [0.25, 0.3) is 0 Å². The van der Waals surface area contributed by atoms with Gasteiger partial charge in [-0.05, 0) is 153 Å². The molecule has 0 saturated heterocycles. The number of rotatable bonds is 10. The second kappa shape index (κ2) is 26.4. The Labute approximate surface area is 385 Å². The molecule has 4 aromatic carbocycles. The fourth-order valence-electron chi connectivity index (χ4n) is 7.37. The third-order valence-electron chi connectivity index (χ3n) is 10.1. The molecular weight excluding hydrogens is 858 g/mol. The van der Waals surface area contributed by atoms with Crippen LogP contribution in [0.3, 0.4) is 0 Å². The zero-order valence-electron chi connectivity index (χ0n) is 33.2. The smallest absolute Gasteiger partial charge is 0.351 e. The molecule has 2 amide bonds. The van der Waals surface area contributed by atoms with Crippen LogP contribution in [0.15, 0.2) is 121 Å². The van der Waals surface area contributed by atoms with Crippen molar-refractivity contribution in [3.05, 3.63) is 247 Å². The molecule has 0 aliphatic heterocycles. The molecule has 0 unspecified atom stereocenters. The molecule has 2 N–H and O–H groups in total. The predicted octanol–water partition coefficient (Wildman–Crippen LogP) is 8.30. The Balaban J connectivity index is 0.000000499. The van der Waals surface area contributed by atoms with Crippen LogP contribution in [-0.4, -0.2) is 23.9 Å². The molecule has 4 nitrogen and oxygen atoms in total. The minimum atomic E-state index is -0.913. The molecule has 300 valence electrons. The Bertz CT molecular complexity index is 1570. The van der Waals surface area contributed by atoms with Gasteiger partial charge in [0.1, 0.15) is 0 Å². The van der Waals surface area contributed by atoms with Crippen molar-refractivity contribution in [2.45, 2.75) is 37.8 Å². The molecule has 0 bridgehead atoms. The first kappa shape index (κ1) is 48.7. The maximum atomic E-state index is 14.1. The number of carbonyl (C=O) groups excluding carboxylic acids is 2. The number of benzene rings is 4. The predicted molar refractivity (Wildman–Crippen MR) is 242 cm³/mol. The van der Waals surface area contributed by atoms with E-state index < -0.39 is 15.8 Å². The Kier molecular flexibility index (Phi) is 21.4. The molecule has 0 heterocycles. The second-order valence-corrected chi connectivity index (χ2v) is 18.4. The third-order valence-corrected chi connectivity index (χ3v) is 15.1. The summed E-state index contributed by atoms with van der Waals surface area (Å²) in [5.41, 5.74) is 2.10. The molecule has 4 aromatic rings. The number of nitrogens with one attached hydrogen (secondary N) is 2. The maximum Gasteiger partial charge on any atom is 2.00 e. The number of hydrogen-bond acceptors (Lipinski definition) is 2. The molecule has 9 rings (SSSR count). The van der Waals surface area contributed by atoms with Gasteiger partial charge in [0.2, 0.25) is 11.8 Å². The first-order valence-corrected chi connectivity index (χ1v) is 22.6. The molecule has 5 fully saturated rings. The van der Waals surface area contributed by atoms with E-state index in [1.807, 2.05) is 114 Å². The van der Waals surface area contributed by atoms with E-state index in [0.29, 0.717) is 11.8 Å². The minimum Gasteiger partial charge on any atom is -0.351 e. The summed E-state index contributed by atoms with van der Waals surface area (Å²) < 4.78 is 0. The molecule has 20 radical (unpaired) electrons. The van der Waals surface area contributed by atoms with E-state index in [1.165, 1.54) is 21.2 Å². The van der Waals surface area contributed by atoms with Crippen LogP contribution in [0.25, 0.3) is 0 Å². The first-order valence-electron chi connectivity index (χ1n) is 19.9. The van der Waals surface area contributed by atoms with Crippen molar-refractivity contribution < 1.29 is 43.7 Å². The summed E-state index contributed by atoms with van der Waals surface area (Å²) in [4.78, 5) is 28.1. The number of amides is 2. The maximum absolute atomic E-state index is 14.1. The summed E-state index contributed by atoms with van der Waals surface area (Å²) in [7, 11) is -1.83. The van der Waals surface area contributed by atoms with E-state index in [-0.39, 0.29) is 58.0 Å². The van der Waals surface area contributed by atoms with E-state index in [4.69, 9.17) is 0 Å². The zero-order valence-corrected chi connectivity index (χ0v) is 37.2. The first-order chi connectivity index (χ1) is 28.7. The van der Waals surface area contributed by atoms with Crippen molar-refractivity contribution in [3.63, 3.8) is 0 Å². The molecule has 60 heavy (non-hydrogen) atoms. The Hall–Kier alpha value is -2.28. The summed E-state index contributed by atoms with van der Waals surface area (Å²) in [6.07, 6.45) is 35.7. The average Bonchev–Trinajstić information content (AvgIpc) is 4.14. The van der Waals surface area contributed by atoms with Gasteiger partial charge in [-0.1, -0.05) is 134 Å². The standard InChI is InChI=1S/C42H38N2O2P2.2C5H5.2Fe/c45-41(35-25-15-29-39(35)47(31-17-5-1-6-18-31)32-19-7-2-8-20-32)43-37-27-13-14-28-38(37)44-42(46)36-26-16-30-40(36)48(33-21-9-3-10-22-33)34-23-11-4-12-24-34;2*1-2-4-5-3-1;;/h1-12,15-26,29-30,37-38H,13-14,27-28H2,(H,43,45)(H,44,46);2*1-5H;;/q;;;2*+2/t37-,38-;;;;/m0..../s1. The fourth-order valence-corrected chi connectivity index (χ4v) is 12.3. The fraction of sp³-hybridized carbons (Fsp3) is 0.115. The van der Waals surface area contributed by atoms with Gasteiger partial charge in [-0.15, -0.1) is 0 Å². The van der Waals surface area contributed by atoms with Crippen molar-refractivity contribution in [2.75, 3.05) is 0 Å². The molecule has 5 aliphatic rings. The van der Waals surface area contributed by atoms with Gasteiger partial charge < -0.3 is 10.6 Å². The van der Waals surface area contributed by atoms with Crippen LogP contribution < -0.4 is 31.9 Å². The van der Waals surface area contributed by atoms with E-state index in [9.17, 15) is 9.59 Å². The molecule has 5 aliphatic carbocycles. The summed E-state index contributed by atoms with van der Waals surface area (Å²) in [6.45, 7) is 0. The summed E-state index contributed by atoms with van der Waals surface area (Å²) in [5, 5.41) is 11.6. The zero-order chi connectivity index (χ0) is 39.8. The van der Waals surface area contributed by atoms with Crippen molar-refractivity contribution >= 4 is 48.9 Å². The van der Waals surface area contributed by atoms with Crippen LogP contribution in [0.5, 0.6) is 0 Å². The third kappa shape index (κ3) is 13.6. The molecule has 0 aromatic heterocycles. The van der Waals surface area contributed by atoms with Gasteiger partial charge in [-0.3, -0.25) is 9.59 Å². The van der Waals surface area contributed by atoms with Crippen LogP contribution in [0, 0.1) is 126 Å². The topological polar surface area (TPSA) is 58.2 Å². The van der Waals surface area contributed by atoms with E-state index in [0.717, 1.165) is 37.0 Å². The molecule has 2 atom stereocenters. The van der Waals surface area contributed by atoms with Crippen LogP contribution in [-0.2, 0) is 43.7 Å². The van der Waals surface area contributed by atoms with Crippen molar-refractivity contribution in [1.29, 1.82) is 0 Å². The second-order valence-electron chi connectivity index (χ2n) is 14.0. The number of hydrogen-bond donors (Lipinski definition) is 2. The quantitative estimate of drug-likeness (QED) is 0.124. The summed E-state index contributed by atoms with van der Waals surface area (Å²) in [5.74, 6) is 1.26. The van der Waals surface area contributed by atoms with Crippen molar-refractivity contribution in [3.8, 4) is 0 Å². The molecular formula is C52H48Fe2N2O2P2+4. The van der Waals surface area contributed by atoms with Gasteiger partial charge >= 0.3 is 34.1 Å². The average molecular weight is 907 g/mol. The number of carbonyl (C=O) groups is 2. The largest absolute Gasteiger partial charge is 2.00 e. The Morgan fingerprint density at radius 2 is 0.650 bits per heavy atom. The van der Waals surface area contributed by atoms with Crippen LogP contribution in [0.1, 0.15) is 25.7 Å². The molecule has 8 heteroatoms. The van der Waals surface area contributed by atoms with Gasteiger partial charge in [-0.25, -0.2) is 0 Å². The van der Waals surface area contributed by atoms with Gasteiger partial charge in [0, 0.05) is 23.4 Å². The van der Waals surface area contributed by atoms with E-state index >= 15 is 0 Å². The Morgan fingerprint density at radius 3 is 0.917 bits per heavy atom. The van der Waals surface area contributed by atoms with Gasteiger partial charge in [0.15, 0.2) is 0 Å². The van der Waals surface area contributed by atoms with Gasteiger partial charge in [-0.2, -0.15) is 0 Å². The van der Waals surface area contributed by atoms with Crippen LogP contribution in [0.2, 0.25) is 0 Å². The van der Waals surface area contributed by atoms with Gasteiger partial charge in [0.05, 0.1) is 11.8 Å². The van der Waals surface area contributed by atoms with E-state index in [1.54, 1.807) is 0 Å². The molecule has 0 spiro atoms. The SMILES string of the molecule is O=C(N[C@H]1CCCC[C@@H]1NC(=O)[C]1[CH][CH][CH][C]1P(c1ccccc1)c1ccccc1)[C]1[CH][CH][CH][C]1P(c1ccccc1)c1ccccc1.[CH]1[CH][CH][CH][CH]1.[CH]1[CH][CH][CH][CH]1.[Fe+2].[Fe+2]. The summed E-state index contributed by atoms with van der Waals surface area (Å²) in [6, 6.07) is 41.5. The molecule has 5 saturated carbocycles. The monoisotopic (exact) mass is 906 g/mol. The normalized spacial score (nSPS) is 20.9. The Morgan fingerprint density at radius 1 is 0.383 bits per heavy atom. The van der Waals surface area contributed by atoms with Crippen LogP contribution in [0.4, 0.5) is 0 Å². The van der Waals surface area contributed by atoms with Crippen LogP contribution >= 0.6 is 15.8 Å². The summed E-state index contributed by atoms with van der Waals surface area (Å²) >= 11 is 0. The van der Waals surface area contributed by atoms with Crippen molar-refractivity contribution in [1.82, 2.24) is 10.6 Å². The van der Waals surface area contributed by atoms with E-state index in [2.05, 4.69) is 121 Å².